The molecule has 1 saturated heterocycles. The minimum atomic E-state index is -4.51. The molecule has 1 unspecified atom stereocenters. The number of ether oxygens (including phenoxy) is 2. The Balaban J connectivity index is 1.44. The number of halogens is 5. The van der Waals surface area contributed by atoms with Crippen molar-refractivity contribution < 1.29 is 49.7 Å². The zero-order valence-electron chi connectivity index (χ0n) is 23.2. The Morgan fingerprint density at radius 3 is 2.27 bits per heavy atom. The lowest BCUT2D eigenvalue weighted by Gasteiger charge is -2.24. The van der Waals surface area contributed by atoms with Crippen LogP contribution >= 0.6 is 0 Å². The van der Waals surface area contributed by atoms with Gasteiger partial charge in [0.25, 0.3) is 5.91 Å². The lowest BCUT2D eigenvalue weighted by Crippen LogP contribution is -2.35. The van der Waals surface area contributed by atoms with E-state index in [0.717, 1.165) is 12.1 Å². The van der Waals surface area contributed by atoms with E-state index in [9.17, 15) is 40.3 Å². The lowest BCUT2D eigenvalue weighted by atomic mass is 10.1. The van der Waals surface area contributed by atoms with E-state index >= 15 is 0 Å². The molecule has 44 heavy (non-hydrogen) atoms. The average molecular weight is 645 g/mol. The molecule has 10 nitrogen and oxygen atoms in total. The van der Waals surface area contributed by atoms with Gasteiger partial charge in [-0.3, -0.25) is 4.79 Å². The van der Waals surface area contributed by atoms with E-state index in [0.29, 0.717) is 5.56 Å². The van der Waals surface area contributed by atoms with E-state index in [2.05, 4.69) is 20.0 Å². The first-order valence-corrected chi connectivity index (χ1v) is 15.0. The van der Waals surface area contributed by atoms with Gasteiger partial charge in [-0.1, -0.05) is 19.1 Å². The monoisotopic (exact) mass is 644 g/mol. The fraction of sp³-hybridized carbons (Fsp3) is 0.393. The minimum absolute atomic E-state index is 0.0227. The van der Waals surface area contributed by atoms with Crippen LogP contribution in [-0.2, 0) is 20.8 Å². The van der Waals surface area contributed by atoms with E-state index in [1.165, 1.54) is 55.7 Å². The van der Waals surface area contributed by atoms with E-state index in [4.69, 9.17) is 4.74 Å². The number of aliphatic hydroxyl groups is 1. The molecule has 3 atom stereocenters. The van der Waals surface area contributed by atoms with Crippen molar-refractivity contribution >= 4 is 21.7 Å². The van der Waals surface area contributed by atoms with Gasteiger partial charge in [0.05, 0.1) is 53.6 Å². The summed E-state index contributed by atoms with van der Waals surface area (Å²) in [6, 6.07) is 8.31. The molecule has 0 saturated carbocycles. The number of rotatable bonds is 12. The molecule has 3 aromatic rings. The van der Waals surface area contributed by atoms with Crippen LogP contribution in [0, 0.1) is 0 Å². The van der Waals surface area contributed by atoms with Gasteiger partial charge in [-0.2, -0.15) is 22.0 Å². The van der Waals surface area contributed by atoms with Crippen molar-refractivity contribution in [2.45, 2.75) is 49.2 Å². The van der Waals surface area contributed by atoms with Gasteiger partial charge in [0.1, 0.15) is 11.9 Å². The first kappa shape index (κ1) is 33.0. The van der Waals surface area contributed by atoms with Crippen LogP contribution in [0.5, 0.6) is 5.75 Å². The fourth-order valence-corrected chi connectivity index (χ4v) is 5.48. The van der Waals surface area contributed by atoms with Gasteiger partial charge < -0.3 is 24.8 Å². The molecule has 2 aromatic carbocycles. The second-order valence-electron chi connectivity index (χ2n) is 9.85. The Morgan fingerprint density at radius 1 is 1.09 bits per heavy atom. The highest BCUT2D eigenvalue weighted by Crippen LogP contribution is 2.32. The normalized spacial score (nSPS) is 18.0. The SMILES string of the molecule is CCS(=O)(=O)c1ccc([C@H](CO)NC(=O)c2cnc(N3CC(Oc4ccc(C(F)(F)F)cc4)C[C@H]3COC(F)F)nc2)cc1. The maximum Gasteiger partial charge on any atom is 0.416 e. The fourth-order valence-electron chi connectivity index (χ4n) is 4.60. The molecule has 2 N–H and O–H groups in total. The van der Waals surface area contributed by atoms with Gasteiger partial charge >= 0.3 is 12.8 Å². The number of sulfone groups is 1. The Kier molecular flexibility index (Phi) is 10.4. The summed E-state index contributed by atoms with van der Waals surface area (Å²) in [7, 11) is -3.42. The first-order valence-electron chi connectivity index (χ1n) is 13.4. The highest BCUT2D eigenvalue weighted by molar-refractivity contribution is 7.91. The van der Waals surface area contributed by atoms with Crippen molar-refractivity contribution in [1.82, 2.24) is 15.3 Å². The summed E-state index contributed by atoms with van der Waals surface area (Å²) < 4.78 is 98.6. The standard InChI is InChI=1S/C28H29F5N4O6S/c1-2-44(40,41)23-9-3-17(4-10-23)24(15-38)36-25(39)18-12-34-27(35-13-18)37-14-22(11-20(37)16-42-26(29)30)43-21-7-5-19(6-8-21)28(31,32)33/h3-10,12-13,20,22,24,26,38H,2,11,14-16H2,1H3,(H,36,39)/t20-,22?,24-/m0/s1. The van der Waals surface area contributed by atoms with E-state index in [1.807, 2.05) is 0 Å². The predicted octanol–water partition coefficient (Wildman–Crippen LogP) is 4.02. The van der Waals surface area contributed by atoms with E-state index in [1.54, 1.807) is 4.90 Å². The third-order valence-corrected chi connectivity index (χ3v) is 8.69. The number of anilines is 1. The van der Waals surface area contributed by atoms with Crippen LogP contribution in [0.1, 0.15) is 40.9 Å². The Morgan fingerprint density at radius 2 is 1.73 bits per heavy atom. The number of aromatic nitrogens is 2. The molecule has 238 valence electrons. The van der Waals surface area contributed by atoms with Crippen molar-refractivity contribution in [2.24, 2.45) is 0 Å². The van der Waals surface area contributed by atoms with Crippen molar-refractivity contribution in [2.75, 3.05) is 30.4 Å². The summed E-state index contributed by atoms with van der Waals surface area (Å²) in [6.07, 6.45) is -2.54. The molecule has 0 radical (unpaired) electrons. The lowest BCUT2D eigenvalue weighted by molar-refractivity contribution is -0.137. The van der Waals surface area contributed by atoms with Gasteiger partial charge in [0.2, 0.25) is 5.95 Å². The summed E-state index contributed by atoms with van der Waals surface area (Å²) in [6.45, 7) is -2.31. The summed E-state index contributed by atoms with van der Waals surface area (Å²) in [5.41, 5.74) is -0.356. The topological polar surface area (TPSA) is 131 Å². The first-order chi connectivity index (χ1) is 20.8. The second kappa shape index (κ2) is 13.8. The molecule has 0 aliphatic carbocycles. The Bertz CT molecular complexity index is 1510. The van der Waals surface area contributed by atoms with Gasteiger partial charge in [0, 0.05) is 18.8 Å². The Labute approximate surface area is 249 Å². The third kappa shape index (κ3) is 8.18. The highest BCUT2D eigenvalue weighted by atomic mass is 32.2. The number of carbonyl (C=O) groups excluding carboxylic acids is 1. The van der Waals surface area contributed by atoms with Crippen LogP contribution in [0.25, 0.3) is 0 Å². The number of amides is 1. The number of aliphatic hydroxyl groups excluding tert-OH is 1. The summed E-state index contributed by atoms with van der Waals surface area (Å²) >= 11 is 0. The van der Waals surface area contributed by atoms with Crippen LogP contribution in [0.4, 0.5) is 27.9 Å². The van der Waals surface area contributed by atoms with Gasteiger partial charge in [0.15, 0.2) is 9.84 Å². The van der Waals surface area contributed by atoms with Crippen molar-refractivity contribution in [3.8, 4) is 5.75 Å². The number of hydrogen-bond acceptors (Lipinski definition) is 9. The number of alkyl halides is 5. The van der Waals surface area contributed by atoms with Gasteiger partial charge in [-0.25, -0.2) is 18.4 Å². The van der Waals surface area contributed by atoms with Crippen LogP contribution < -0.4 is 15.0 Å². The van der Waals surface area contributed by atoms with Crippen LogP contribution in [0.3, 0.4) is 0 Å². The van der Waals surface area contributed by atoms with Crippen molar-refractivity contribution in [1.29, 1.82) is 0 Å². The number of nitrogens with one attached hydrogen (secondary N) is 1. The van der Waals surface area contributed by atoms with Crippen molar-refractivity contribution in [3.05, 3.63) is 77.6 Å². The molecule has 4 rings (SSSR count). The zero-order chi connectivity index (χ0) is 32.1. The van der Waals surface area contributed by atoms with Crippen LogP contribution in [0.15, 0.2) is 65.8 Å². The maximum atomic E-state index is 12.9. The van der Waals surface area contributed by atoms with E-state index < -0.39 is 65.5 Å². The molecule has 1 aromatic heterocycles. The second-order valence-corrected chi connectivity index (χ2v) is 12.1. The number of carbonyl (C=O) groups is 1. The molecule has 0 spiro atoms. The highest BCUT2D eigenvalue weighted by Gasteiger charge is 2.36. The van der Waals surface area contributed by atoms with Crippen molar-refractivity contribution in [3.63, 3.8) is 0 Å². The molecule has 1 aliphatic heterocycles. The molecule has 1 amide bonds. The average Bonchev–Trinajstić information content (AvgIpc) is 3.41. The number of hydrogen-bond donors (Lipinski definition) is 2. The van der Waals surface area contributed by atoms with Crippen LogP contribution in [-0.4, -0.2) is 73.7 Å². The summed E-state index contributed by atoms with van der Waals surface area (Å²) in [4.78, 5) is 22.9. The summed E-state index contributed by atoms with van der Waals surface area (Å²) in [5.74, 6) is -0.476. The molecule has 2 heterocycles. The van der Waals surface area contributed by atoms with Crippen LogP contribution in [0.2, 0.25) is 0 Å². The summed E-state index contributed by atoms with van der Waals surface area (Å²) in [5, 5.41) is 12.5. The van der Waals surface area contributed by atoms with Gasteiger partial charge in [-0.15, -0.1) is 0 Å². The molecule has 0 bridgehead atoms. The molecule has 16 heteroatoms. The number of benzene rings is 2. The smallest absolute Gasteiger partial charge is 0.416 e. The third-order valence-electron chi connectivity index (χ3n) is 6.94. The van der Waals surface area contributed by atoms with E-state index in [-0.39, 0.29) is 40.9 Å². The zero-order valence-corrected chi connectivity index (χ0v) is 24.1. The maximum absolute atomic E-state index is 12.9. The number of nitrogens with zero attached hydrogens (tertiary/aromatic N) is 3. The molecular weight excluding hydrogens is 615 g/mol. The van der Waals surface area contributed by atoms with Gasteiger partial charge in [-0.05, 0) is 42.0 Å². The molecule has 1 fully saturated rings. The minimum Gasteiger partial charge on any atom is -0.489 e. The predicted molar refractivity (Wildman–Crippen MR) is 147 cm³/mol. The quantitative estimate of drug-likeness (QED) is 0.281. The molecule has 1 aliphatic rings. The largest absolute Gasteiger partial charge is 0.489 e. The Hall–Kier alpha value is -3.89. The molecular formula is C28H29F5N4O6S.